The Labute approximate surface area is 159 Å². The van der Waals surface area contributed by atoms with E-state index >= 15 is 0 Å². The SMILES string of the molecule is O=C(Cn1cnc2sc3c(c2c1=O)CCC3)Nc1cccc2ccccc12. The molecule has 4 aromatic rings. The molecular weight excluding hydrogens is 358 g/mol. The number of thiophene rings is 1. The van der Waals surface area contributed by atoms with Crippen molar-refractivity contribution in [1.29, 1.82) is 0 Å². The number of anilines is 1. The number of nitrogens with zero attached hydrogens (tertiary/aromatic N) is 2. The molecule has 0 fully saturated rings. The molecular formula is C21H17N3O2S. The Morgan fingerprint density at radius 1 is 1.15 bits per heavy atom. The van der Waals surface area contributed by atoms with Crippen molar-refractivity contribution in [3.8, 4) is 0 Å². The molecule has 1 N–H and O–H groups in total. The molecule has 5 rings (SSSR count). The van der Waals surface area contributed by atoms with Gasteiger partial charge in [0, 0.05) is 16.0 Å². The smallest absolute Gasteiger partial charge is 0.262 e. The number of carbonyl (C=O) groups is 1. The number of amides is 1. The highest BCUT2D eigenvalue weighted by Gasteiger charge is 2.21. The number of hydrogen-bond donors (Lipinski definition) is 1. The number of rotatable bonds is 3. The molecule has 0 radical (unpaired) electrons. The van der Waals surface area contributed by atoms with E-state index in [4.69, 9.17) is 0 Å². The molecule has 1 amide bonds. The second-order valence-corrected chi connectivity index (χ2v) is 7.87. The van der Waals surface area contributed by atoms with Gasteiger partial charge in [-0.25, -0.2) is 4.98 Å². The minimum absolute atomic E-state index is 0.0460. The van der Waals surface area contributed by atoms with Gasteiger partial charge in [-0.05, 0) is 36.3 Å². The predicted octanol–water partition coefficient (Wildman–Crippen LogP) is 3.74. The maximum absolute atomic E-state index is 12.9. The van der Waals surface area contributed by atoms with Crippen molar-refractivity contribution in [2.75, 3.05) is 5.32 Å². The Morgan fingerprint density at radius 3 is 2.93 bits per heavy atom. The molecule has 6 heteroatoms. The molecule has 0 unspecified atom stereocenters. The van der Waals surface area contributed by atoms with Gasteiger partial charge in [-0.2, -0.15) is 0 Å². The third-order valence-corrected chi connectivity index (χ3v) is 6.27. The highest BCUT2D eigenvalue weighted by Crippen LogP contribution is 2.34. The van der Waals surface area contributed by atoms with E-state index in [1.807, 2.05) is 42.5 Å². The maximum Gasteiger partial charge on any atom is 0.262 e. The summed E-state index contributed by atoms with van der Waals surface area (Å²) >= 11 is 1.61. The van der Waals surface area contributed by atoms with Crippen LogP contribution < -0.4 is 10.9 Å². The van der Waals surface area contributed by atoms with E-state index in [2.05, 4.69) is 10.3 Å². The quantitative estimate of drug-likeness (QED) is 0.593. The summed E-state index contributed by atoms with van der Waals surface area (Å²) in [7, 11) is 0. The summed E-state index contributed by atoms with van der Waals surface area (Å²) in [6, 6.07) is 13.7. The van der Waals surface area contributed by atoms with Crippen LogP contribution in [0.15, 0.2) is 53.6 Å². The molecule has 1 aliphatic carbocycles. The van der Waals surface area contributed by atoms with Crippen LogP contribution >= 0.6 is 11.3 Å². The van der Waals surface area contributed by atoms with Crippen LogP contribution in [0.3, 0.4) is 0 Å². The van der Waals surface area contributed by atoms with Crippen molar-refractivity contribution < 1.29 is 4.79 Å². The van der Waals surface area contributed by atoms with Crippen LogP contribution in [0.1, 0.15) is 16.9 Å². The normalized spacial score (nSPS) is 13.2. The number of fused-ring (bicyclic) bond motifs is 4. The minimum Gasteiger partial charge on any atom is -0.324 e. The Hall–Kier alpha value is -2.99. The molecule has 2 aromatic carbocycles. The van der Waals surface area contributed by atoms with Crippen molar-refractivity contribution in [3.05, 3.63) is 69.6 Å². The standard InChI is InChI=1S/C21H17N3O2S/c25-18(23-16-9-3-6-13-5-1-2-7-14(13)16)11-24-12-22-20-19(21(24)26)15-8-4-10-17(15)27-20/h1-3,5-7,9,12H,4,8,10-11H2,(H,23,25). The monoisotopic (exact) mass is 375 g/mol. The van der Waals surface area contributed by atoms with Gasteiger partial charge in [0.25, 0.3) is 5.56 Å². The van der Waals surface area contributed by atoms with Gasteiger partial charge in [-0.3, -0.25) is 14.2 Å². The van der Waals surface area contributed by atoms with Gasteiger partial charge in [0.1, 0.15) is 11.4 Å². The van der Waals surface area contributed by atoms with Crippen molar-refractivity contribution in [1.82, 2.24) is 9.55 Å². The molecule has 134 valence electrons. The highest BCUT2D eigenvalue weighted by atomic mass is 32.1. The second kappa shape index (κ2) is 6.32. The first kappa shape index (κ1) is 16.2. The number of hydrogen-bond acceptors (Lipinski definition) is 4. The third kappa shape index (κ3) is 2.73. The van der Waals surface area contributed by atoms with E-state index in [9.17, 15) is 9.59 Å². The summed E-state index contributed by atoms with van der Waals surface area (Å²) in [4.78, 5) is 32.0. The lowest BCUT2D eigenvalue weighted by Gasteiger charge is -2.10. The lowest BCUT2D eigenvalue weighted by Crippen LogP contribution is -2.28. The Balaban J connectivity index is 1.46. The summed E-state index contributed by atoms with van der Waals surface area (Å²) < 4.78 is 1.41. The lowest BCUT2D eigenvalue weighted by atomic mass is 10.1. The summed E-state index contributed by atoms with van der Waals surface area (Å²) in [5.41, 5.74) is 1.76. The largest absolute Gasteiger partial charge is 0.324 e. The Kier molecular flexibility index (Phi) is 3.79. The molecule has 27 heavy (non-hydrogen) atoms. The topological polar surface area (TPSA) is 64.0 Å². The number of aryl methyl sites for hydroxylation is 2. The fourth-order valence-corrected chi connectivity index (χ4v) is 5.03. The van der Waals surface area contributed by atoms with E-state index in [-0.39, 0.29) is 18.0 Å². The summed E-state index contributed by atoms with van der Waals surface area (Å²) in [5.74, 6) is -0.235. The van der Waals surface area contributed by atoms with Crippen molar-refractivity contribution in [2.45, 2.75) is 25.8 Å². The summed E-state index contributed by atoms with van der Waals surface area (Å²) in [5, 5.41) is 5.67. The zero-order chi connectivity index (χ0) is 18.4. The van der Waals surface area contributed by atoms with Gasteiger partial charge in [0.05, 0.1) is 11.7 Å². The molecule has 0 atom stereocenters. The molecule has 0 saturated carbocycles. The fraction of sp³-hybridized carbons (Fsp3) is 0.190. The zero-order valence-electron chi connectivity index (χ0n) is 14.6. The van der Waals surface area contributed by atoms with Gasteiger partial charge >= 0.3 is 0 Å². The molecule has 5 nitrogen and oxygen atoms in total. The van der Waals surface area contributed by atoms with E-state index in [0.29, 0.717) is 5.39 Å². The molecule has 0 spiro atoms. The number of benzene rings is 2. The first-order valence-electron chi connectivity index (χ1n) is 8.98. The van der Waals surface area contributed by atoms with Crippen LogP contribution in [0.4, 0.5) is 5.69 Å². The Morgan fingerprint density at radius 2 is 2.00 bits per heavy atom. The lowest BCUT2D eigenvalue weighted by molar-refractivity contribution is -0.116. The van der Waals surface area contributed by atoms with Crippen molar-refractivity contribution in [2.24, 2.45) is 0 Å². The zero-order valence-corrected chi connectivity index (χ0v) is 15.4. The predicted molar refractivity (Wildman–Crippen MR) is 108 cm³/mol. The number of aromatic nitrogens is 2. The average Bonchev–Trinajstić information content (AvgIpc) is 3.25. The molecule has 2 heterocycles. The average molecular weight is 375 g/mol. The van der Waals surface area contributed by atoms with Crippen LogP contribution in [0.5, 0.6) is 0 Å². The molecule has 0 bridgehead atoms. The molecule has 2 aromatic heterocycles. The highest BCUT2D eigenvalue weighted by molar-refractivity contribution is 7.18. The van der Waals surface area contributed by atoms with E-state index in [1.165, 1.54) is 15.8 Å². The fourth-order valence-electron chi connectivity index (χ4n) is 3.81. The third-order valence-electron chi connectivity index (χ3n) is 5.07. The molecule has 1 aliphatic rings. The van der Waals surface area contributed by atoms with E-state index in [0.717, 1.165) is 46.1 Å². The van der Waals surface area contributed by atoms with Crippen LogP contribution in [0, 0.1) is 0 Å². The molecule has 0 aliphatic heterocycles. The van der Waals surface area contributed by atoms with Crippen LogP contribution in [-0.2, 0) is 24.2 Å². The van der Waals surface area contributed by atoms with Gasteiger partial charge < -0.3 is 5.32 Å². The van der Waals surface area contributed by atoms with Crippen LogP contribution in [0.2, 0.25) is 0 Å². The summed E-state index contributed by atoms with van der Waals surface area (Å²) in [6.45, 7) is -0.0460. The van der Waals surface area contributed by atoms with Gasteiger partial charge in [0.2, 0.25) is 5.91 Å². The van der Waals surface area contributed by atoms with Gasteiger partial charge in [0.15, 0.2) is 0 Å². The van der Waals surface area contributed by atoms with Crippen LogP contribution in [0.25, 0.3) is 21.0 Å². The first-order valence-corrected chi connectivity index (χ1v) is 9.79. The van der Waals surface area contributed by atoms with E-state index < -0.39 is 0 Å². The number of carbonyl (C=O) groups excluding carboxylic acids is 1. The van der Waals surface area contributed by atoms with E-state index in [1.54, 1.807) is 11.3 Å². The van der Waals surface area contributed by atoms with Gasteiger partial charge in [-0.1, -0.05) is 36.4 Å². The van der Waals surface area contributed by atoms with Gasteiger partial charge in [-0.15, -0.1) is 11.3 Å². The first-order chi connectivity index (χ1) is 13.2. The Bertz CT molecular complexity index is 1250. The number of nitrogens with one attached hydrogen (secondary N) is 1. The molecule has 0 saturated heterocycles. The van der Waals surface area contributed by atoms with Crippen molar-refractivity contribution >= 4 is 43.9 Å². The minimum atomic E-state index is -0.235. The second-order valence-electron chi connectivity index (χ2n) is 6.79. The van der Waals surface area contributed by atoms with Crippen LogP contribution in [-0.4, -0.2) is 15.5 Å². The van der Waals surface area contributed by atoms with Crippen molar-refractivity contribution in [3.63, 3.8) is 0 Å². The maximum atomic E-state index is 12.9. The summed E-state index contributed by atoms with van der Waals surface area (Å²) in [6.07, 6.45) is 4.53.